The van der Waals surface area contributed by atoms with Gasteiger partial charge in [-0.15, -0.1) is 11.6 Å². The first-order valence-corrected chi connectivity index (χ1v) is 5.69. The second-order valence-corrected chi connectivity index (χ2v) is 5.34. The predicted octanol–water partition coefficient (Wildman–Crippen LogP) is 3.28. The van der Waals surface area contributed by atoms with Crippen molar-refractivity contribution >= 4 is 23.4 Å². The van der Waals surface area contributed by atoms with Gasteiger partial charge in [0.25, 0.3) is 0 Å². The van der Waals surface area contributed by atoms with E-state index in [1.54, 1.807) is 24.3 Å². The summed E-state index contributed by atoms with van der Waals surface area (Å²) in [5.74, 6) is -1.08. The SMILES string of the molecule is CC(C)(C)C(=O)c1ccc(C(Cl)C(=O)O)cc1. The summed E-state index contributed by atoms with van der Waals surface area (Å²) in [6, 6.07) is 6.37. The van der Waals surface area contributed by atoms with E-state index in [-0.39, 0.29) is 5.78 Å². The van der Waals surface area contributed by atoms with Gasteiger partial charge in [0.1, 0.15) is 0 Å². The Bertz CT molecular complexity index is 429. The van der Waals surface area contributed by atoms with Crippen molar-refractivity contribution in [2.24, 2.45) is 5.41 Å². The van der Waals surface area contributed by atoms with Crippen molar-refractivity contribution < 1.29 is 14.7 Å². The Morgan fingerprint density at radius 1 is 1.18 bits per heavy atom. The number of hydrogen-bond acceptors (Lipinski definition) is 2. The highest BCUT2D eigenvalue weighted by molar-refractivity contribution is 6.29. The van der Waals surface area contributed by atoms with E-state index in [4.69, 9.17) is 16.7 Å². The number of carbonyl (C=O) groups excluding carboxylic acids is 1. The molecule has 3 nitrogen and oxygen atoms in total. The van der Waals surface area contributed by atoms with Crippen LogP contribution in [0.1, 0.15) is 42.1 Å². The number of hydrogen-bond donors (Lipinski definition) is 1. The van der Waals surface area contributed by atoms with Gasteiger partial charge >= 0.3 is 5.97 Å². The molecule has 0 amide bonds. The molecule has 1 N–H and O–H groups in total. The van der Waals surface area contributed by atoms with Crippen LogP contribution in [0.3, 0.4) is 0 Å². The molecule has 92 valence electrons. The summed E-state index contributed by atoms with van der Waals surface area (Å²) >= 11 is 5.68. The van der Waals surface area contributed by atoms with Crippen LogP contribution in [0.4, 0.5) is 0 Å². The van der Waals surface area contributed by atoms with Crippen LogP contribution in [0.2, 0.25) is 0 Å². The zero-order chi connectivity index (χ0) is 13.2. The van der Waals surface area contributed by atoms with Gasteiger partial charge in [-0.05, 0) is 5.56 Å². The van der Waals surface area contributed by atoms with E-state index in [0.29, 0.717) is 11.1 Å². The van der Waals surface area contributed by atoms with E-state index >= 15 is 0 Å². The Balaban J connectivity index is 2.97. The first kappa shape index (κ1) is 13.7. The lowest BCUT2D eigenvalue weighted by Crippen LogP contribution is -2.20. The largest absolute Gasteiger partial charge is 0.480 e. The van der Waals surface area contributed by atoms with E-state index in [9.17, 15) is 9.59 Å². The van der Waals surface area contributed by atoms with Gasteiger partial charge in [-0.3, -0.25) is 9.59 Å². The molecule has 4 heteroatoms. The molecule has 1 aromatic rings. The van der Waals surface area contributed by atoms with Gasteiger partial charge in [0.2, 0.25) is 0 Å². The quantitative estimate of drug-likeness (QED) is 0.665. The first-order valence-electron chi connectivity index (χ1n) is 5.25. The number of aliphatic carboxylic acids is 1. The molecule has 0 aromatic heterocycles. The van der Waals surface area contributed by atoms with Crippen LogP contribution in [-0.2, 0) is 4.79 Å². The first-order chi connectivity index (χ1) is 7.73. The van der Waals surface area contributed by atoms with Crippen molar-refractivity contribution in [2.45, 2.75) is 26.1 Å². The van der Waals surface area contributed by atoms with Gasteiger partial charge < -0.3 is 5.11 Å². The summed E-state index contributed by atoms with van der Waals surface area (Å²) in [4.78, 5) is 22.6. The molecule has 1 rings (SSSR count). The van der Waals surface area contributed by atoms with Crippen molar-refractivity contribution in [3.8, 4) is 0 Å². The number of carbonyl (C=O) groups is 2. The second-order valence-electron chi connectivity index (χ2n) is 4.90. The van der Waals surface area contributed by atoms with E-state index in [1.165, 1.54) is 0 Å². The second kappa shape index (κ2) is 4.88. The maximum Gasteiger partial charge on any atom is 0.326 e. The Hall–Kier alpha value is -1.35. The minimum atomic E-state index is -1.10. The fourth-order valence-corrected chi connectivity index (χ4v) is 1.52. The monoisotopic (exact) mass is 254 g/mol. The maximum atomic E-state index is 11.9. The number of Topliss-reactive ketones (excluding diaryl/α,β-unsaturated/α-hetero) is 1. The summed E-state index contributed by atoms with van der Waals surface area (Å²) in [6.45, 7) is 5.51. The Labute approximate surface area is 105 Å². The van der Waals surface area contributed by atoms with Crippen molar-refractivity contribution in [1.82, 2.24) is 0 Å². The fourth-order valence-electron chi connectivity index (χ4n) is 1.38. The number of carboxylic acids is 1. The molecule has 0 heterocycles. The van der Waals surface area contributed by atoms with Crippen LogP contribution < -0.4 is 0 Å². The van der Waals surface area contributed by atoms with E-state index in [0.717, 1.165) is 0 Å². The lowest BCUT2D eigenvalue weighted by atomic mass is 9.86. The fraction of sp³-hybridized carbons (Fsp3) is 0.385. The summed E-state index contributed by atoms with van der Waals surface area (Å²) in [5, 5.41) is 7.67. The molecule has 17 heavy (non-hydrogen) atoms. The smallest absolute Gasteiger partial charge is 0.326 e. The molecular formula is C13H15ClO3. The van der Waals surface area contributed by atoms with Gasteiger partial charge in [0, 0.05) is 11.0 Å². The zero-order valence-electron chi connectivity index (χ0n) is 10.0. The third-order valence-corrected chi connectivity index (χ3v) is 2.80. The Morgan fingerprint density at radius 2 is 1.65 bits per heavy atom. The lowest BCUT2D eigenvalue weighted by Gasteiger charge is -2.16. The highest BCUT2D eigenvalue weighted by Crippen LogP contribution is 2.24. The molecule has 1 atom stereocenters. The molecule has 0 aliphatic rings. The standard InChI is InChI=1S/C13H15ClO3/c1-13(2,3)11(15)9-6-4-8(5-7-9)10(14)12(16)17/h4-7,10H,1-3H3,(H,16,17). The molecule has 1 unspecified atom stereocenters. The van der Waals surface area contributed by atoms with Gasteiger partial charge in [-0.1, -0.05) is 45.0 Å². The minimum absolute atomic E-state index is 0.0190. The van der Waals surface area contributed by atoms with Crippen molar-refractivity contribution in [3.63, 3.8) is 0 Å². The lowest BCUT2D eigenvalue weighted by molar-refractivity contribution is -0.136. The maximum absolute atomic E-state index is 11.9. The number of halogens is 1. The third kappa shape index (κ3) is 3.30. The van der Waals surface area contributed by atoms with Gasteiger partial charge in [-0.25, -0.2) is 0 Å². The number of alkyl halides is 1. The van der Waals surface area contributed by atoms with Crippen LogP contribution in [0.25, 0.3) is 0 Å². The summed E-state index contributed by atoms with van der Waals surface area (Å²) in [7, 11) is 0. The van der Waals surface area contributed by atoms with Crippen LogP contribution in [0, 0.1) is 5.41 Å². The number of ketones is 1. The average Bonchev–Trinajstić information content (AvgIpc) is 2.26. The topological polar surface area (TPSA) is 54.4 Å². The molecule has 0 fully saturated rings. The van der Waals surface area contributed by atoms with Crippen molar-refractivity contribution in [2.75, 3.05) is 0 Å². The third-order valence-electron chi connectivity index (χ3n) is 2.36. The number of benzene rings is 1. The summed E-state index contributed by atoms with van der Waals surface area (Å²) in [6.07, 6.45) is 0. The molecule has 0 bridgehead atoms. The summed E-state index contributed by atoms with van der Waals surface area (Å²) < 4.78 is 0. The molecular weight excluding hydrogens is 240 g/mol. The highest BCUT2D eigenvalue weighted by atomic mass is 35.5. The van der Waals surface area contributed by atoms with Crippen LogP contribution in [0.15, 0.2) is 24.3 Å². The molecule has 0 aliphatic carbocycles. The number of carboxylic acid groups (broad SMARTS) is 1. The minimum Gasteiger partial charge on any atom is -0.480 e. The van der Waals surface area contributed by atoms with Gasteiger partial charge in [0.15, 0.2) is 11.2 Å². The molecule has 1 aromatic carbocycles. The molecule has 0 spiro atoms. The molecule has 0 radical (unpaired) electrons. The molecule has 0 saturated carbocycles. The highest BCUT2D eigenvalue weighted by Gasteiger charge is 2.23. The van der Waals surface area contributed by atoms with Crippen LogP contribution in [-0.4, -0.2) is 16.9 Å². The normalized spacial score (nSPS) is 13.2. The predicted molar refractivity (Wildman–Crippen MR) is 66.5 cm³/mol. The molecule has 0 aliphatic heterocycles. The van der Waals surface area contributed by atoms with Crippen molar-refractivity contribution in [1.29, 1.82) is 0 Å². The van der Waals surface area contributed by atoms with Crippen LogP contribution >= 0.6 is 11.6 Å². The van der Waals surface area contributed by atoms with Gasteiger partial charge in [-0.2, -0.15) is 0 Å². The van der Waals surface area contributed by atoms with E-state index in [2.05, 4.69) is 0 Å². The van der Waals surface area contributed by atoms with Crippen LogP contribution in [0.5, 0.6) is 0 Å². The Kier molecular flexibility index (Phi) is 3.94. The Morgan fingerprint density at radius 3 is 2.00 bits per heavy atom. The van der Waals surface area contributed by atoms with E-state index in [1.807, 2.05) is 20.8 Å². The number of rotatable bonds is 3. The van der Waals surface area contributed by atoms with E-state index < -0.39 is 16.8 Å². The zero-order valence-corrected chi connectivity index (χ0v) is 10.8. The summed E-state index contributed by atoms with van der Waals surface area (Å²) in [5.41, 5.74) is 0.592. The van der Waals surface area contributed by atoms with Gasteiger partial charge in [0.05, 0.1) is 0 Å². The van der Waals surface area contributed by atoms with Crippen molar-refractivity contribution in [3.05, 3.63) is 35.4 Å². The molecule has 0 saturated heterocycles. The average molecular weight is 255 g/mol.